The maximum absolute atomic E-state index is 12.1. The lowest BCUT2D eigenvalue weighted by molar-refractivity contribution is -0.120. The van der Waals surface area contributed by atoms with Gasteiger partial charge in [-0.05, 0) is 55.7 Å². The van der Waals surface area contributed by atoms with E-state index in [0.29, 0.717) is 11.2 Å². The van der Waals surface area contributed by atoms with Gasteiger partial charge in [0.1, 0.15) is 0 Å². The molecule has 1 aromatic heterocycles. The molecule has 7 heteroatoms. The van der Waals surface area contributed by atoms with Crippen LogP contribution in [0.1, 0.15) is 30.9 Å². The van der Waals surface area contributed by atoms with Crippen molar-refractivity contribution in [3.05, 3.63) is 29.3 Å². The van der Waals surface area contributed by atoms with Gasteiger partial charge in [0.25, 0.3) is 0 Å². The summed E-state index contributed by atoms with van der Waals surface area (Å²) in [6.45, 7) is 5.96. The van der Waals surface area contributed by atoms with Crippen molar-refractivity contribution in [2.75, 3.05) is 0 Å². The first-order chi connectivity index (χ1) is 10.5. The van der Waals surface area contributed by atoms with E-state index in [-0.39, 0.29) is 11.2 Å². The molecule has 6 nitrogen and oxygen atoms in total. The predicted molar refractivity (Wildman–Crippen MR) is 85.1 cm³/mol. The Morgan fingerprint density at radius 1 is 1.41 bits per heavy atom. The minimum Gasteiger partial charge on any atom is -0.352 e. The molecule has 1 saturated carbocycles. The molecule has 1 fully saturated rings. The van der Waals surface area contributed by atoms with Crippen LogP contribution >= 0.6 is 11.8 Å². The van der Waals surface area contributed by atoms with Gasteiger partial charge in [-0.15, -0.1) is 5.10 Å². The standard InChI is InChI=1S/C15H19N5OS/c1-9-4-7-13(10(2)8-9)20-15(17-18-19-20)22-11(3)14(21)16-12-5-6-12/h4,7-8,11-12H,5-6H2,1-3H3,(H,16,21). The molecule has 1 heterocycles. The third-order valence-corrected chi connectivity index (χ3v) is 4.63. The highest BCUT2D eigenvalue weighted by Gasteiger charge is 2.27. The zero-order valence-electron chi connectivity index (χ0n) is 12.9. The number of hydrogen-bond acceptors (Lipinski definition) is 5. The molecule has 1 N–H and O–H groups in total. The number of nitrogens with zero attached hydrogens (tertiary/aromatic N) is 4. The van der Waals surface area contributed by atoms with Crippen molar-refractivity contribution in [3.63, 3.8) is 0 Å². The van der Waals surface area contributed by atoms with Gasteiger partial charge in [-0.2, -0.15) is 4.68 Å². The van der Waals surface area contributed by atoms with E-state index < -0.39 is 0 Å². The van der Waals surface area contributed by atoms with E-state index in [9.17, 15) is 4.79 Å². The Kier molecular flexibility index (Phi) is 4.15. The minimum absolute atomic E-state index is 0.0441. The summed E-state index contributed by atoms with van der Waals surface area (Å²) in [4.78, 5) is 12.1. The second-order valence-electron chi connectivity index (χ2n) is 5.71. The van der Waals surface area contributed by atoms with Gasteiger partial charge in [-0.25, -0.2) is 0 Å². The Bertz CT molecular complexity index is 695. The zero-order valence-corrected chi connectivity index (χ0v) is 13.7. The highest BCUT2D eigenvalue weighted by atomic mass is 32.2. The first-order valence-electron chi connectivity index (χ1n) is 7.37. The smallest absolute Gasteiger partial charge is 0.233 e. The highest BCUT2D eigenvalue weighted by Crippen LogP contribution is 2.26. The number of carbonyl (C=O) groups is 1. The summed E-state index contributed by atoms with van der Waals surface area (Å²) in [5.41, 5.74) is 3.23. The molecule has 1 aromatic carbocycles. The molecule has 0 aliphatic heterocycles. The average Bonchev–Trinajstić information content (AvgIpc) is 3.17. The van der Waals surface area contributed by atoms with Crippen LogP contribution < -0.4 is 5.32 Å². The molecular weight excluding hydrogens is 298 g/mol. The lowest BCUT2D eigenvalue weighted by atomic mass is 10.1. The van der Waals surface area contributed by atoms with Crippen molar-refractivity contribution in [2.45, 2.75) is 50.1 Å². The summed E-state index contributed by atoms with van der Waals surface area (Å²) in [5.74, 6) is 0.0441. The molecule has 0 saturated heterocycles. The number of rotatable bonds is 5. The van der Waals surface area contributed by atoms with E-state index in [0.717, 1.165) is 24.1 Å². The van der Waals surface area contributed by atoms with Crippen LogP contribution in [-0.2, 0) is 4.79 Å². The molecule has 1 amide bonds. The third-order valence-electron chi connectivity index (χ3n) is 3.60. The second-order valence-corrected chi connectivity index (χ2v) is 7.01. The van der Waals surface area contributed by atoms with Crippen molar-refractivity contribution in [3.8, 4) is 5.69 Å². The second kappa shape index (κ2) is 6.08. The molecule has 0 spiro atoms. The summed E-state index contributed by atoms with van der Waals surface area (Å²) < 4.78 is 1.69. The Morgan fingerprint density at radius 3 is 2.86 bits per heavy atom. The number of amides is 1. The number of hydrogen-bond donors (Lipinski definition) is 1. The van der Waals surface area contributed by atoms with Gasteiger partial charge in [0.05, 0.1) is 10.9 Å². The van der Waals surface area contributed by atoms with Gasteiger partial charge < -0.3 is 5.32 Å². The molecule has 1 aliphatic carbocycles. The molecule has 2 aromatic rings. The van der Waals surface area contributed by atoms with E-state index in [1.165, 1.54) is 17.3 Å². The zero-order chi connectivity index (χ0) is 15.7. The topological polar surface area (TPSA) is 72.7 Å². The third kappa shape index (κ3) is 3.30. The molecule has 1 aliphatic rings. The van der Waals surface area contributed by atoms with Gasteiger partial charge in [0.15, 0.2) is 0 Å². The lowest BCUT2D eigenvalue weighted by Gasteiger charge is -2.12. The number of aryl methyl sites for hydroxylation is 2. The Labute approximate surface area is 133 Å². The predicted octanol–water partition coefficient (Wildman–Crippen LogP) is 2.04. The molecule has 1 atom stereocenters. The maximum atomic E-state index is 12.1. The van der Waals surface area contributed by atoms with Gasteiger partial charge in [-0.3, -0.25) is 4.79 Å². The van der Waals surface area contributed by atoms with Crippen LogP contribution in [0, 0.1) is 13.8 Å². The van der Waals surface area contributed by atoms with Crippen LogP contribution in [0.2, 0.25) is 0 Å². The number of tetrazole rings is 1. The largest absolute Gasteiger partial charge is 0.352 e. The number of thioether (sulfide) groups is 1. The molecule has 116 valence electrons. The average molecular weight is 317 g/mol. The van der Waals surface area contributed by atoms with Gasteiger partial charge in [0.2, 0.25) is 11.1 Å². The Balaban J connectivity index is 1.78. The van der Waals surface area contributed by atoms with Crippen LogP contribution in [0.15, 0.2) is 23.4 Å². The van der Waals surface area contributed by atoms with Crippen molar-refractivity contribution < 1.29 is 4.79 Å². The number of aromatic nitrogens is 4. The first-order valence-corrected chi connectivity index (χ1v) is 8.25. The summed E-state index contributed by atoms with van der Waals surface area (Å²) >= 11 is 1.38. The van der Waals surface area contributed by atoms with Crippen molar-refractivity contribution in [1.29, 1.82) is 0 Å². The maximum Gasteiger partial charge on any atom is 0.233 e. The van der Waals surface area contributed by atoms with Crippen LogP contribution in [-0.4, -0.2) is 37.4 Å². The number of benzene rings is 1. The molecular formula is C15H19N5OS. The highest BCUT2D eigenvalue weighted by molar-refractivity contribution is 8.00. The quantitative estimate of drug-likeness (QED) is 0.854. The SMILES string of the molecule is Cc1ccc(-n2nnnc2SC(C)C(=O)NC2CC2)c(C)c1. The monoisotopic (exact) mass is 317 g/mol. The first kappa shape index (κ1) is 15.0. The summed E-state index contributed by atoms with van der Waals surface area (Å²) in [5, 5.41) is 15.3. The van der Waals surface area contributed by atoms with Crippen LogP contribution in [0.25, 0.3) is 5.69 Å². The minimum atomic E-state index is -0.226. The van der Waals surface area contributed by atoms with Crippen LogP contribution in [0.3, 0.4) is 0 Å². The van der Waals surface area contributed by atoms with Gasteiger partial charge >= 0.3 is 0 Å². The molecule has 1 unspecified atom stereocenters. The van der Waals surface area contributed by atoms with E-state index in [1.807, 2.05) is 26.0 Å². The fourth-order valence-electron chi connectivity index (χ4n) is 2.20. The van der Waals surface area contributed by atoms with E-state index >= 15 is 0 Å². The van der Waals surface area contributed by atoms with Crippen molar-refractivity contribution in [2.24, 2.45) is 0 Å². The summed E-state index contributed by atoms with van der Waals surface area (Å²) in [6, 6.07) is 6.49. The normalized spacial score (nSPS) is 15.6. The summed E-state index contributed by atoms with van der Waals surface area (Å²) in [6.07, 6.45) is 2.17. The van der Waals surface area contributed by atoms with Crippen LogP contribution in [0.4, 0.5) is 0 Å². The molecule has 0 radical (unpaired) electrons. The number of carbonyl (C=O) groups excluding carboxylic acids is 1. The molecule has 22 heavy (non-hydrogen) atoms. The van der Waals surface area contributed by atoms with Gasteiger partial charge in [-0.1, -0.05) is 29.5 Å². The van der Waals surface area contributed by atoms with E-state index in [4.69, 9.17) is 0 Å². The Hall–Kier alpha value is -1.89. The van der Waals surface area contributed by atoms with E-state index in [2.05, 4.69) is 33.8 Å². The lowest BCUT2D eigenvalue weighted by Crippen LogP contribution is -2.32. The molecule has 0 bridgehead atoms. The van der Waals surface area contributed by atoms with Gasteiger partial charge in [0, 0.05) is 6.04 Å². The van der Waals surface area contributed by atoms with Crippen LogP contribution in [0.5, 0.6) is 0 Å². The van der Waals surface area contributed by atoms with E-state index in [1.54, 1.807) is 4.68 Å². The summed E-state index contributed by atoms with van der Waals surface area (Å²) in [7, 11) is 0. The van der Waals surface area contributed by atoms with Crippen molar-refractivity contribution in [1.82, 2.24) is 25.5 Å². The number of nitrogens with one attached hydrogen (secondary N) is 1. The fourth-order valence-corrected chi connectivity index (χ4v) is 3.01. The Morgan fingerprint density at radius 2 is 2.18 bits per heavy atom. The molecule has 3 rings (SSSR count). The fraction of sp³-hybridized carbons (Fsp3) is 0.467. The van der Waals surface area contributed by atoms with Crippen molar-refractivity contribution >= 4 is 17.7 Å².